The maximum atomic E-state index is 12.8. The maximum absolute atomic E-state index is 12.8. The minimum atomic E-state index is -1.14. The van der Waals surface area contributed by atoms with Gasteiger partial charge in [-0.3, -0.25) is 4.79 Å². The molecule has 1 aromatic rings. The molecule has 1 aromatic carbocycles. The normalized spacial score (nSPS) is 12.6. The van der Waals surface area contributed by atoms with Crippen molar-refractivity contribution in [1.29, 1.82) is 0 Å². The molecule has 1 rings (SSSR count). The largest absolute Gasteiger partial charge is 0.462 e. The zero-order chi connectivity index (χ0) is 28.4. The van der Waals surface area contributed by atoms with E-state index in [0.29, 0.717) is 6.29 Å². The van der Waals surface area contributed by atoms with Crippen molar-refractivity contribution in [3.8, 4) is 0 Å². The molecule has 0 spiro atoms. The Labute approximate surface area is 222 Å². The van der Waals surface area contributed by atoms with Crippen molar-refractivity contribution in [2.45, 2.75) is 0 Å². The van der Waals surface area contributed by atoms with Crippen LogP contribution in [0.5, 0.6) is 0 Å². The van der Waals surface area contributed by atoms with Gasteiger partial charge in [0.05, 0.1) is 49.4 Å². The highest BCUT2D eigenvalue weighted by atomic mass is 16.6. The molecule has 0 heterocycles. The van der Waals surface area contributed by atoms with Crippen LogP contribution in [0, 0.1) is 10.8 Å². The van der Waals surface area contributed by atoms with E-state index in [1.165, 1.54) is 33.5 Å². The molecular formula is C27H36O11. The van der Waals surface area contributed by atoms with E-state index in [9.17, 15) is 19.2 Å². The molecule has 0 saturated heterocycles. The van der Waals surface area contributed by atoms with Gasteiger partial charge in [-0.05, 0) is 6.07 Å². The monoisotopic (exact) mass is 536 g/mol. The van der Waals surface area contributed by atoms with Crippen LogP contribution in [0.3, 0.4) is 0 Å². The summed E-state index contributed by atoms with van der Waals surface area (Å²) in [6.07, 6.45) is 2.60. The molecule has 11 heteroatoms. The Kier molecular flexibility index (Phi) is 14.8. The number of esters is 3. The summed E-state index contributed by atoms with van der Waals surface area (Å²) in [6, 6.07) is 6.18. The van der Waals surface area contributed by atoms with Crippen molar-refractivity contribution < 1.29 is 52.3 Å². The summed E-state index contributed by atoms with van der Waals surface area (Å²) in [5.41, 5.74) is -1.76. The fraction of sp³-hybridized carbons (Fsp3) is 0.481. The minimum absolute atomic E-state index is 0.00188. The van der Waals surface area contributed by atoms with Gasteiger partial charge >= 0.3 is 17.9 Å². The van der Waals surface area contributed by atoms with Crippen LogP contribution in [-0.2, 0) is 42.7 Å². The molecule has 0 aliphatic rings. The number of carbonyl (C=O) groups excluding carboxylic acids is 4. The molecule has 1 unspecified atom stereocenters. The van der Waals surface area contributed by atoms with Gasteiger partial charge in [-0.15, -0.1) is 0 Å². The van der Waals surface area contributed by atoms with E-state index in [0.717, 1.165) is 12.2 Å². The summed E-state index contributed by atoms with van der Waals surface area (Å²) in [5, 5.41) is 0. The summed E-state index contributed by atoms with van der Waals surface area (Å²) in [4.78, 5) is 47.6. The lowest BCUT2D eigenvalue weighted by Gasteiger charge is -2.35. The highest BCUT2D eigenvalue weighted by molar-refractivity contribution is 5.98. The Morgan fingerprint density at radius 1 is 0.711 bits per heavy atom. The molecule has 0 saturated carbocycles. The third kappa shape index (κ3) is 10.5. The van der Waals surface area contributed by atoms with Gasteiger partial charge in [0.25, 0.3) is 0 Å². The van der Waals surface area contributed by atoms with Gasteiger partial charge in [-0.2, -0.15) is 0 Å². The standard InChI is InChI=1S/C27H36O11/c1-6-23(29)36-18-26(13-32-3,14-33-4)16-35-17-27(15-34-5,19-37-24(30)7-2)20-38-25(31)22-11-9-8-10-21(22)12-28/h6-12H,1-2,13-20H2,3-5H3. The molecule has 0 fully saturated rings. The van der Waals surface area contributed by atoms with Gasteiger partial charge in [0.1, 0.15) is 19.8 Å². The Bertz CT molecular complexity index is 937. The minimum Gasteiger partial charge on any atom is -0.462 e. The smallest absolute Gasteiger partial charge is 0.338 e. The topological polar surface area (TPSA) is 133 Å². The van der Waals surface area contributed by atoms with Crippen molar-refractivity contribution in [3.63, 3.8) is 0 Å². The highest BCUT2D eigenvalue weighted by Gasteiger charge is 2.38. The molecule has 0 radical (unpaired) electrons. The lowest BCUT2D eigenvalue weighted by atomic mass is 9.90. The van der Waals surface area contributed by atoms with E-state index in [4.69, 9.17) is 33.2 Å². The average molecular weight is 537 g/mol. The van der Waals surface area contributed by atoms with E-state index in [1.807, 2.05) is 0 Å². The predicted octanol–water partition coefficient (Wildman–Crippen LogP) is 2.04. The first kappa shape index (κ1) is 32.6. The van der Waals surface area contributed by atoms with E-state index in [-0.39, 0.29) is 64.0 Å². The van der Waals surface area contributed by atoms with Crippen LogP contribution in [-0.4, -0.2) is 98.4 Å². The fourth-order valence-corrected chi connectivity index (χ4v) is 3.55. The van der Waals surface area contributed by atoms with Crippen LogP contribution in [0.2, 0.25) is 0 Å². The lowest BCUT2D eigenvalue weighted by molar-refractivity contribution is -0.156. The van der Waals surface area contributed by atoms with Gasteiger partial charge in [0.2, 0.25) is 0 Å². The van der Waals surface area contributed by atoms with E-state index >= 15 is 0 Å². The number of rotatable bonds is 20. The molecule has 0 bridgehead atoms. The van der Waals surface area contributed by atoms with E-state index in [1.54, 1.807) is 12.1 Å². The lowest BCUT2D eigenvalue weighted by Crippen LogP contribution is -2.46. The van der Waals surface area contributed by atoms with Gasteiger partial charge in [0.15, 0.2) is 6.29 Å². The molecular weight excluding hydrogens is 500 g/mol. The van der Waals surface area contributed by atoms with Crippen LogP contribution >= 0.6 is 0 Å². The Balaban J connectivity index is 3.14. The van der Waals surface area contributed by atoms with Gasteiger partial charge in [-0.1, -0.05) is 31.4 Å². The van der Waals surface area contributed by atoms with Crippen LogP contribution in [0.15, 0.2) is 49.6 Å². The SMILES string of the molecule is C=CC(=O)OCC(COC)(COC)COCC(COC)(COC(=O)C=C)COC(=O)c1ccccc1C=O. The summed E-state index contributed by atoms with van der Waals surface area (Å²) in [5.74, 6) is -2.05. The van der Waals surface area contributed by atoms with E-state index in [2.05, 4.69) is 13.2 Å². The molecule has 210 valence electrons. The highest BCUT2D eigenvalue weighted by Crippen LogP contribution is 2.25. The van der Waals surface area contributed by atoms with Crippen molar-refractivity contribution in [2.24, 2.45) is 10.8 Å². The molecule has 0 N–H and O–H groups in total. The van der Waals surface area contributed by atoms with Gasteiger partial charge < -0.3 is 33.2 Å². The van der Waals surface area contributed by atoms with Crippen LogP contribution in [0.1, 0.15) is 20.7 Å². The Morgan fingerprint density at radius 3 is 1.61 bits per heavy atom. The summed E-state index contributed by atoms with van der Waals surface area (Å²) >= 11 is 0. The Hall–Kier alpha value is -3.38. The zero-order valence-electron chi connectivity index (χ0n) is 22.1. The third-order valence-corrected chi connectivity index (χ3v) is 5.36. The molecule has 0 aliphatic heterocycles. The second-order valence-corrected chi connectivity index (χ2v) is 8.70. The van der Waals surface area contributed by atoms with Crippen LogP contribution < -0.4 is 0 Å². The molecule has 11 nitrogen and oxygen atoms in total. The first-order valence-corrected chi connectivity index (χ1v) is 11.6. The third-order valence-electron chi connectivity index (χ3n) is 5.36. The summed E-state index contributed by atoms with van der Waals surface area (Å²) < 4.78 is 38.0. The van der Waals surface area contributed by atoms with Crippen molar-refractivity contribution >= 4 is 24.2 Å². The number of methoxy groups -OCH3 is 3. The molecule has 0 amide bonds. The second-order valence-electron chi connectivity index (χ2n) is 8.70. The van der Waals surface area contributed by atoms with Crippen LogP contribution in [0.25, 0.3) is 0 Å². The molecule has 38 heavy (non-hydrogen) atoms. The molecule has 1 atom stereocenters. The number of aldehydes is 1. The zero-order valence-corrected chi connectivity index (χ0v) is 22.1. The number of hydrogen-bond acceptors (Lipinski definition) is 11. The van der Waals surface area contributed by atoms with Gasteiger partial charge in [0, 0.05) is 39.0 Å². The number of ether oxygens (including phenoxy) is 7. The first-order chi connectivity index (χ1) is 18.2. The number of carbonyl (C=O) groups is 4. The van der Waals surface area contributed by atoms with Crippen molar-refractivity contribution in [2.75, 3.05) is 74.2 Å². The molecule has 0 aliphatic carbocycles. The van der Waals surface area contributed by atoms with Gasteiger partial charge in [-0.25, -0.2) is 14.4 Å². The predicted molar refractivity (Wildman–Crippen MR) is 136 cm³/mol. The number of hydrogen-bond donors (Lipinski definition) is 0. The molecule has 0 aromatic heterocycles. The van der Waals surface area contributed by atoms with E-state index < -0.39 is 28.7 Å². The Morgan fingerprint density at radius 2 is 1.16 bits per heavy atom. The van der Waals surface area contributed by atoms with Crippen molar-refractivity contribution in [1.82, 2.24) is 0 Å². The summed E-state index contributed by atoms with van der Waals surface area (Å²) in [7, 11) is 4.41. The average Bonchev–Trinajstić information content (AvgIpc) is 2.93. The first-order valence-electron chi connectivity index (χ1n) is 11.6. The summed E-state index contributed by atoms with van der Waals surface area (Å²) in [6.45, 7) is 6.32. The maximum Gasteiger partial charge on any atom is 0.338 e. The quantitative estimate of drug-likeness (QED) is 0.105. The van der Waals surface area contributed by atoms with Crippen LogP contribution in [0.4, 0.5) is 0 Å². The fourth-order valence-electron chi connectivity index (χ4n) is 3.55. The second kappa shape index (κ2) is 17.2. The van der Waals surface area contributed by atoms with Crippen molar-refractivity contribution in [3.05, 3.63) is 60.7 Å². The number of benzene rings is 1.